The van der Waals surface area contributed by atoms with Crippen LogP contribution >= 0.6 is 0 Å². The summed E-state index contributed by atoms with van der Waals surface area (Å²) in [5, 5.41) is 9.58. The molecule has 25 heavy (non-hydrogen) atoms. The van der Waals surface area contributed by atoms with Crippen molar-refractivity contribution in [1.82, 2.24) is 20.2 Å². The Balaban J connectivity index is 1.49. The molecule has 7 nitrogen and oxygen atoms in total. The topological polar surface area (TPSA) is 92.8 Å². The number of fused-ring (bicyclic) bond motifs is 2. The Labute approximate surface area is 139 Å². The molecular formula is C17H10FN5O2. The molecule has 0 bridgehead atoms. The van der Waals surface area contributed by atoms with Gasteiger partial charge in [0.1, 0.15) is 16.9 Å². The van der Waals surface area contributed by atoms with Crippen LogP contribution in [0.5, 0.6) is 0 Å². The van der Waals surface area contributed by atoms with Gasteiger partial charge in [-0.05, 0) is 29.8 Å². The van der Waals surface area contributed by atoms with Crippen LogP contribution in [-0.4, -0.2) is 20.2 Å². The van der Waals surface area contributed by atoms with Crippen molar-refractivity contribution in [2.75, 3.05) is 5.32 Å². The highest BCUT2D eigenvalue weighted by atomic mass is 19.1. The first-order chi connectivity index (χ1) is 12.2. The zero-order valence-corrected chi connectivity index (χ0v) is 12.7. The van der Waals surface area contributed by atoms with Crippen LogP contribution in [0.1, 0.15) is 0 Å². The summed E-state index contributed by atoms with van der Waals surface area (Å²) in [5.41, 5.74) is 4.13. The fourth-order valence-corrected chi connectivity index (χ4v) is 2.61. The van der Waals surface area contributed by atoms with E-state index in [0.717, 1.165) is 11.1 Å². The molecule has 2 aromatic carbocycles. The average molecular weight is 335 g/mol. The van der Waals surface area contributed by atoms with Crippen molar-refractivity contribution in [1.29, 1.82) is 0 Å². The van der Waals surface area contributed by atoms with Gasteiger partial charge in [-0.1, -0.05) is 6.07 Å². The molecule has 0 unspecified atom stereocenters. The van der Waals surface area contributed by atoms with Gasteiger partial charge in [-0.2, -0.15) is 15.1 Å². The minimum atomic E-state index is -0.374. The van der Waals surface area contributed by atoms with Gasteiger partial charge >= 0.3 is 12.0 Å². The Hall–Kier alpha value is -3.68. The predicted octanol–water partition coefficient (Wildman–Crippen LogP) is 4.24. The molecule has 0 aliphatic carbocycles. The van der Waals surface area contributed by atoms with Gasteiger partial charge in [-0.15, -0.1) is 0 Å². The van der Waals surface area contributed by atoms with Crippen molar-refractivity contribution in [2.45, 2.75) is 0 Å². The molecule has 0 saturated heterocycles. The van der Waals surface area contributed by atoms with Gasteiger partial charge in [-0.25, -0.2) is 4.39 Å². The lowest BCUT2D eigenvalue weighted by Crippen LogP contribution is -1.89. The Morgan fingerprint density at radius 1 is 0.880 bits per heavy atom. The number of oxazole rings is 2. The van der Waals surface area contributed by atoms with E-state index >= 15 is 0 Å². The van der Waals surface area contributed by atoms with E-state index in [1.165, 1.54) is 18.2 Å². The number of aromatic nitrogens is 4. The Morgan fingerprint density at radius 3 is 2.32 bits per heavy atom. The van der Waals surface area contributed by atoms with E-state index < -0.39 is 0 Å². The van der Waals surface area contributed by atoms with E-state index in [1.54, 1.807) is 12.4 Å². The van der Waals surface area contributed by atoms with E-state index in [9.17, 15) is 4.39 Å². The second-order valence-corrected chi connectivity index (χ2v) is 5.44. The summed E-state index contributed by atoms with van der Waals surface area (Å²) in [6.45, 7) is 0. The molecule has 0 spiro atoms. The maximum atomic E-state index is 13.2. The molecule has 0 fully saturated rings. The van der Waals surface area contributed by atoms with Crippen molar-refractivity contribution < 1.29 is 13.2 Å². The van der Waals surface area contributed by atoms with Crippen LogP contribution in [0.4, 0.5) is 16.4 Å². The Bertz CT molecular complexity index is 1190. The SMILES string of the molecule is Fc1ccc2oc(Nc3nc4cc(-c5cn[nH]c5)ccc4o3)nc2c1. The number of hydrogen-bond acceptors (Lipinski definition) is 6. The third kappa shape index (κ3) is 2.40. The Morgan fingerprint density at radius 2 is 1.60 bits per heavy atom. The monoisotopic (exact) mass is 335 g/mol. The lowest BCUT2D eigenvalue weighted by Gasteiger charge is -1.94. The first kappa shape index (κ1) is 13.7. The third-order valence-electron chi connectivity index (χ3n) is 3.78. The third-order valence-corrected chi connectivity index (χ3v) is 3.78. The molecule has 3 heterocycles. The Kier molecular flexibility index (Phi) is 2.84. The molecule has 0 atom stereocenters. The summed E-state index contributed by atoms with van der Waals surface area (Å²) in [6.07, 6.45) is 3.54. The van der Waals surface area contributed by atoms with Crippen LogP contribution in [-0.2, 0) is 0 Å². The number of anilines is 2. The molecule has 0 radical (unpaired) electrons. The molecule has 0 aliphatic rings. The van der Waals surface area contributed by atoms with Gasteiger partial charge in [0.15, 0.2) is 11.2 Å². The van der Waals surface area contributed by atoms with Gasteiger partial charge in [0, 0.05) is 17.8 Å². The summed E-state index contributed by atoms with van der Waals surface area (Å²) in [4.78, 5) is 8.55. The fourth-order valence-electron chi connectivity index (χ4n) is 2.61. The first-order valence-electron chi connectivity index (χ1n) is 7.47. The molecule has 5 rings (SSSR count). The van der Waals surface area contributed by atoms with E-state index in [2.05, 4.69) is 25.5 Å². The van der Waals surface area contributed by atoms with Gasteiger partial charge < -0.3 is 8.83 Å². The highest BCUT2D eigenvalue weighted by Crippen LogP contribution is 2.28. The fraction of sp³-hybridized carbons (Fsp3) is 0. The van der Waals surface area contributed by atoms with Crippen LogP contribution < -0.4 is 5.32 Å². The minimum Gasteiger partial charge on any atom is -0.423 e. The van der Waals surface area contributed by atoms with Gasteiger partial charge in [0.05, 0.1) is 6.20 Å². The van der Waals surface area contributed by atoms with Crippen molar-refractivity contribution in [3.8, 4) is 11.1 Å². The van der Waals surface area contributed by atoms with E-state index in [-0.39, 0.29) is 17.8 Å². The van der Waals surface area contributed by atoms with E-state index in [1.807, 2.05) is 18.2 Å². The van der Waals surface area contributed by atoms with Gasteiger partial charge in [-0.3, -0.25) is 10.4 Å². The number of rotatable bonds is 3. The smallest absolute Gasteiger partial charge is 0.303 e. The van der Waals surface area contributed by atoms with Crippen molar-refractivity contribution in [2.24, 2.45) is 0 Å². The molecule has 0 amide bonds. The maximum absolute atomic E-state index is 13.2. The molecule has 8 heteroatoms. The predicted molar refractivity (Wildman–Crippen MR) is 88.8 cm³/mol. The molecular weight excluding hydrogens is 325 g/mol. The van der Waals surface area contributed by atoms with Crippen LogP contribution in [0.2, 0.25) is 0 Å². The molecule has 5 aromatic rings. The molecule has 2 N–H and O–H groups in total. The summed E-state index contributed by atoms with van der Waals surface area (Å²) in [7, 11) is 0. The number of nitrogens with zero attached hydrogens (tertiary/aromatic N) is 3. The molecule has 122 valence electrons. The summed E-state index contributed by atoms with van der Waals surface area (Å²) < 4.78 is 24.4. The zero-order chi connectivity index (χ0) is 16.8. The normalized spacial score (nSPS) is 11.4. The number of nitrogens with one attached hydrogen (secondary N) is 2. The highest BCUT2D eigenvalue weighted by molar-refractivity contribution is 5.81. The molecule has 0 saturated carbocycles. The van der Waals surface area contributed by atoms with Crippen LogP contribution in [0.15, 0.2) is 57.6 Å². The number of halogens is 1. The van der Waals surface area contributed by atoms with Crippen molar-refractivity contribution in [3.63, 3.8) is 0 Å². The largest absolute Gasteiger partial charge is 0.423 e. The van der Waals surface area contributed by atoms with E-state index in [0.29, 0.717) is 22.2 Å². The number of hydrogen-bond donors (Lipinski definition) is 2. The average Bonchev–Trinajstić information content (AvgIpc) is 3.32. The summed E-state index contributed by atoms with van der Waals surface area (Å²) in [5.74, 6) is -0.374. The first-order valence-corrected chi connectivity index (χ1v) is 7.47. The van der Waals surface area contributed by atoms with Crippen LogP contribution in [0.3, 0.4) is 0 Å². The van der Waals surface area contributed by atoms with Crippen molar-refractivity contribution in [3.05, 3.63) is 54.6 Å². The lowest BCUT2D eigenvalue weighted by molar-refractivity contribution is 0.590. The minimum absolute atomic E-state index is 0.183. The number of benzene rings is 2. The van der Waals surface area contributed by atoms with E-state index in [4.69, 9.17) is 8.83 Å². The number of H-pyrrole nitrogens is 1. The highest BCUT2D eigenvalue weighted by Gasteiger charge is 2.12. The van der Waals surface area contributed by atoms with Crippen LogP contribution in [0.25, 0.3) is 33.3 Å². The summed E-state index contributed by atoms with van der Waals surface area (Å²) in [6, 6.07) is 10.2. The van der Waals surface area contributed by atoms with Crippen molar-refractivity contribution >= 4 is 34.2 Å². The van der Waals surface area contributed by atoms with Gasteiger partial charge in [0.25, 0.3) is 0 Å². The quantitative estimate of drug-likeness (QED) is 0.512. The second kappa shape index (κ2) is 5.17. The lowest BCUT2D eigenvalue weighted by atomic mass is 10.1. The molecule has 3 aromatic heterocycles. The zero-order valence-electron chi connectivity index (χ0n) is 12.7. The number of aromatic amines is 1. The van der Waals surface area contributed by atoms with Gasteiger partial charge in [0.2, 0.25) is 0 Å². The molecule has 0 aliphatic heterocycles. The maximum Gasteiger partial charge on any atom is 0.303 e. The second-order valence-electron chi connectivity index (χ2n) is 5.44. The summed E-state index contributed by atoms with van der Waals surface area (Å²) >= 11 is 0. The standard InChI is InChI=1S/C17H10FN5O2/c18-11-2-4-15-13(6-11)22-17(25-15)23-16-21-12-5-9(1-3-14(12)24-16)10-7-19-20-8-10/h1-8H,(H,19,20)(H,21,22,23). The van der Waals surface area contributed by atoms with Crippen LogP contribution in [0, 0.1) is 5.82 Å².